The molecule has 1 heterocycles. The van der Waals surface area contributed by atoms with E-state index in [9.17, 15) is 4.79 Å². The Labute approximate surface area is 143 Å². The van der Waals surface area contributed by atoms with E-state index >= 15 is 0 Å². The van der Waals surface area contributed by atoms with Crippen LogP contribution in [0.5, 0.6) is 5.75 Å². The minimum Gasteiger partial charge on any atom is -0.496 e. The molecule has 1 aliphatic heterocycles. The van der Waals surface area contributed by atoms with Crippen molar-refractivity contribution in [2.75, 3.05) is 7.11 Å². The van der Waals surface area contributed by atoms with Crippen molar-refractivity contribution < 1.29 is 14.3 Å². The molecule has 0 atom stereocenters. The van der Waals surface area contributed by atoms with Crippen LogP contribution in [-0.4, -0.2) is 19.0 Å². The summed E-state index contributed by atoms with van der Waals surface area (Å²) < 4.78 is 10.8. The van der Waals surface area contributed by atoms with Crippen molar-refractivity contribution in [3.8, 4) is 5.75 Å². The van der Waals surface area contributed by atoms with Crippen molar-refractivity contribution >= 4 is 17.9 Å². The van der Waals surface area contributed by atoms with Gasteiger partial charge in [-0.05, 0) is 48.1 Å². The van der Waals surface area contributed by atoms with Crippen LogP contribution in [0.15, 0.2) is 28.9 Å². The predicted molar refractivity (Wildman–Crippen MR) is 95.2 cm³/mol. The van der Waals surface area contributed by atoms with Crippen LogP contribution < -0.4 is 4.74 Å². The molecular formula is C20H25NO3. The maximum atomic E-state index is 12.1. The van der Waals surface area contributed by atoms with Gasteiger partial charge in [0.05, 0.1) is 7.11 Å². The topological polar surface area (TPSA) is 47.9 Å². The van der Waals surface area contributed by atoms with Crippen LogP contribution in [0, 0.1) is 5.92 Å². The van der Waals surface area contributed by atoms with E-state index in [-0.39, 0.29) is 5.97 Å². The van der Waals surface area contributed by atoms with E-state index in [4.69, 9.17) is 9.47 Å². The summed E-state index contributed by atoms with van der Waals surface area (Å²) in [5.74, 6) is 1.79. The lowest BCUT2D eigenvalue weighted by Gasteiger charge is -2.19. The SMILES string of the molecule is COc1ccc(/C=C2/N=C(C3CCCCC3)OC2=O)cc1C(C)C. The summed E-state index contributed by atoms with van der Waals surface area (Å²) in [6.07, 6.45) is 7.60. The number of benzene rings is 1. The van der Waals surface area contributed by atoms with Crippen LogP contribution in [0.4, 0.5) is 0 Å². The molecule has 4 heteroatoms. The van der Waals surface area contributed by atoms with Crippen molar-refractivity contribution in [1.29, 1.82) is 0 Å². The molecule has 4 nitrogen and oxygen atoms in total. The zero-order chi connectivity index (χ0) is 17.1. The van der Waals surface area contributed by atoms with Crippen LogP contribution in [-0.2, 0) is 9.53 Å². The van der Waals surface area contributed by atoms with Gasteiger partial charge in [-0.25, -0.2) is 9.79 Å². The molecule has 1 fully saturated rings. The Kier molecular flexibility index (Phi) is 5.03. The molecule has 0 amide bonds. The number of aliphatic imine (C=N–C) groups is 1. The van der Waals surface area contributed by atoms with Gasteiger partial charge in [0.2, 0.25) is 5.90 Å². The highest BCUT2D eigenvalue weighted by Crippen LogP contribution is 2.31. The summed E-state index contributed by atoms with van der Waals surface area (Å²) in [5.41, 5.74) is 2.46. The molecule has 0 unspecified atom stereocenters. The zero-order valence-electron chi connectivity index (χ0n) is 14.7. The van der Waals surface area contributed by atoms with Crippen molar-refractivity contribution in [3.05, 3.63) is 35.0 Å². The maximum absolute atomic E-state index is 12.1. The minimum atomic E-state index is -0.336. The number of esters is 1. The number of carbonyl (C=O) groups excluding carboxylic acids is 1. The summed E-state index contributed by atoms with van der Waals surface area (Å²) in [6.45, 7) is 4.25. The van der Waals surface area contributed by atoms with Gasteiger partial charge in [-0.2, -0.15) is 0 Å². The lowest BCUT2D eigenvalue weighted by Crippen LogP contribution is -2.19. The third kappa shape index (κ3) is 3.53. The molecule has 0 saturated heterocycles. The van der Waals surface area contributed by atoms with Crippen molar-refractivity contribution in [2.24, 2.45) is 10.9 Å². The lowest BCUT2D eigenvalue weighted by molar-refractivity contribution is -0.130. The number of hydrogen-bond donors (Lipinski definition) is 0. The maximum Gasteiger partial charge on any atom is 0.363 e. The predicted octanol–water partition coefficient (Wildman–Crippen LogP) is 4.70. The Morgan fingerprint density at radius 1 is 1.25 bits per heavy atom. The molecule has 2 aliphatic rings. The van der Waals surface area contributed by atoms with Gasteiger partial charge in [-0.15, -0.1) is 0 Å². The lowest BCUT2D eigenvalue weighted by atomic mass is 9.89. The van der Waals surface area contributed by atoms with Crippen LogP contribution in [0.1, 0.15) is 63.0 Å². The summed E-state index contributed by atoms with van der Waals surface area (Å²) in [7, 11) is 1.68. The van der Waals surface area contributed by atoms with Crippen LogP contribution in [0.2, 0.25) is 0 Å². The fourth-order valence-corrected chi connectivity index (χ4v) is 3.40. The molecule has 1 aromatic rings. The molecule has 0 bridgehead atoms. The number of hydrogen-bond acceptors (Lipinski definition) is 4. The van der Waals surface area contributed by atoms with E-state index in [1.807, 2.05) is 18.2 Å². The second kappa shape index (κ2) is 7.20. The highest BCUT2D eigenvalue weighted by molar-refractivity contribution is 6.07. The molecule has 0 spiro atoms. The highest BCUT2D eigenvalue weighted by atomic mass is 16.6. The van der Waals surface area contributed by atoms with Crippen LogP contribution in [0.3, 0.4) is 0 Å². The number of methoxy groups -OCH3 is 1. The third-order valence-corrected chi connectivity index (χ3v) is 4.77. The minimum absolute atomic E-state index is 0.302. The van der Waals surface area contributed by atoms with Gasteiger partial charge in [-0.3, -0.25) is 0 Å². The highest BCUT2D eigenvalue weighted by Gasteiger charge is 2.30. The van der Waals surface area contributed by atoms with Gasteiger partial charge >= 0.3 is 5.97 Å². The van der Waals surface area contributed by atoms with Gasteiger partial charge < -0.3 is 9.47 Å². The van der Waals surface area contributed by atoms with Gasteiger partial charge in [-0.1, -0.05) is 39.2 Å². The molecule has 0 N–H and O–H groups in total. The molecule has 0 radical (unpaired) electrons. The third-order valence-electron chi connectivity index (χ3n) is 4.77. The van der Waals surface area contributed by atoms with E-state index < -0.39 is 0 Å². The second-order valence-electron chi connectivity index (χ2n) is 6.86. The molecule has 24 heavy (non-hydrogen) atoms. The Balaban J connectivity index is 1.86. The normalized spacial score (nSPS) is 20.4. The first-order valence-electron chi connectivity index (χ1n) is 8.79. The van der Waals surface area contributed by atoms with E-state index in [1.165, 1.54) is 19.3 Å². The fourth-order valence-electron chi connectivity index (χ4n) is 3.40. The smallest absolute Gasteiger partial charge is 0.363 e. The van der Waals surface area contributed by atoms with Crippen LogP contribution in [0.25, 0.3) is 6.08 Å². The number of carbonyl (C=O) groups is 1. The first-order valence-corrected chi connectivity index (χ1v) is 8.79. The van der Waals surface area contributed by atoms with Crippen LogP contribution >= 0.6 is 0 Å². The number of rotatable bonds is 4. The Hall–Kier alpha value is -2.10. The Morgan fingerprint density at radius 3 is 2.67 bits per heavy atom. The van der Waals surface area contributed by atoms with Gasteiger partial charge in [0.1, 0.15) is 5.75 Å². The van der Waals surface area contributed by atoms with E-state index in [0.29, 0.717) is 23.4 Å². The van der Waals surface area contributed by atoms with E-state index in [2.05, 4.69) is 24.9 Å². The first kappa shape index (κ1) is 16.7. The number of cyclic esters (lactones) is 1. The average Bonchev–Trinajstić information content (AvgIpc) is 2.96. The summed E-state index contributed by atoms with van der Waals surface area (Å²) >= 11 is 0. The Bertz CT molecular complexity index is 682. The van der Waals surface area contributed by atoms with Crippen molar-refractivity contribution in [2.45, 2.75) is 51.9 Å². The van der Waals surface area contributed by atoms with Crippen molar-refractivity contribution in [3.63, 3.8) is 0 Å². The molecule has 0 aromatic heterocycles. The monoisotopic (exact) mass is 327 g/mol. The molecule has 128 valence electrons. The summed E-state index contributed by atoms with van der Waals surface area (Å²) in [5, 5.41) is 0. The molecular weight excluding hydrogens is 302 g/mol. The van der Waals surface area contributed by atoms with Crippen molar-refractivity contribution in [1.82, 2.24) is 0 Å². The van der Waals surface area contributed by atoms with E-state index in [0.717, 1.165) is 29.7 Å². The van der Waals surface area contributed by atoms with E-state index in [1.54, 1.807) is 7.11 Å². The molecule has 3 rings (SSSR count). The Morgan fingerprint density at radius 2 is 2.00 bits per heavy atom. The van der Waals surface area contributed by atoms with Gasteiger partial charge in [0, 0.05) is 5.92 Å². The largest absolute Gasteiger partial charge is 0.496 e. The zero-order valence-corrected chi connectivity index (χ0v) is 14.7. The molecule has 1 aliphatic carbocycles. The average molecular weight is 327 g/mol. The quantitative estimate of drug-likeness (QED) is 0.595. The fraction of sp³-hybridized carbons (Fsp3) is 0.500. The number of ether oxygens (including phenoxy) is 2. The molecule has 1 saturated carbocycles. The standard InChI is InChI=1S/C20H25NO3/c1-13(2)16-11-14(9-10-18(16)23-3)12-17-20(22)24-19(21-17)15-7-5-4-6-8-15/h9-13,15H,4-8H2,1-3H3/b17-12+. The summed E-state index contributed by atoms with van der Waals surface area (Å²) in [6, 6.07) is 5.94. The molecule has 1 aromatic carbocycles. The second-order valence-corrected chi connectivity index (χ2v) is 6.86. The number of nitrogens with zero attached hydrogens (tertiary/aromatic N) is 1. The van der Waals surface area contributed by atoms with Gasteiger partial charge in [0.25, 0.3) is 0 Å². The first-order chi connectivity index (χ1) is 11.6. The summed E-state index contributed by atoms with van der Waals surface area (Å²) in [4.78, 5) is 16.6. The van der Waals surface area contributed by atoms with Gasteiger partial charge in [0.15, 0.2) is 5.70 Å².